The second-order valence-electron chi connectivity index (χ2n) is 14.5. The van der Waals surface area contributed by atoms with E-state index in [1.54, 1.807) is 13.1 Å². The maximum Gasteiger partial charge on any atom is 0.316 e. The molecule has 0 aromatic heterocycles. The van der Waals surface area contributed by atoms with Gasteiger partial charge in [-0.2, -0.15) is 0 Å². The molecule has 240 valence electrons. The van der Waals surface area contributed by atoms with Crippen molar-refractivity contribution in [1.82, 2.24) is 25.8 Å². The van der Waals surface area contributed by atoms with E-state index in [2.05, 4.69) is 22.5 Å². The number of ketones is 1. The number of urea groups is 1. The van der Waals surface area contributed by atoms with Crippen molar-refractivity contribution < 1.29 is 28.8 Å². The van der Waals surface area contributed by atoms with E-state index in [1.165, 1.54) is 9.80 Å². The number of piperidine rings is 1. The molecule has 0 aromatic rings. The number of primary amides is 1. The highest BCUT2D eigenvalue weighted by Gasteiger charge is 2.70. The number of Topliss-reactive ketones (excluding diaryl/α,β-unsaturated/α-hetero) is 1. The van der Waals surface area contributed by atoms with Gasteiger partial charge in [-0.1, -0.05) is 67.4 Å². The Morgan fingerprint density at radius 3 is 2.16 bits per heavy atom. The largest absolute Gasteiger partial charge is 0.363 e. The predicted octanol–water partition coefficient (Wildman–Crippen LogP) is 1.19. The number of nitrogens with one attached hydrogen (secondary N) is 3. The zero-order valence-electron chi connectivity index (χ0n) is 26.9. The van der Waals surface area contributed by atoms with Gasteiger partial charge in [-0.15, -0.1) is 6.58 Å². The van der Waals surface area contributed by atoms with Crippen LogP contribution >= 0.6 is 0 Å². The summed E-state index contributed by atoms with van der Waals surface area (Å²) in [5.74, 6) is -3.21. The summed E-state index contributed by atoms with van der Waals surface area (Å²) < 4.78 is 0. The van der Waals surface area contributed by atoms with Crippen LogP contribution in [0.5, 0.6) is 0 Å². The summed E-state index contributed by atoms with van der Waals surface area (Å²) in [4.78, 5) is 81.4. The lowest BCUT2D eigenvalue weighted by Gasteiger charge is -2.38. The number of likely N-dealkylation sites (N-methyl/N-ethyl adjacent to an activating group) is 1. The van der Waals surface area contributed by atoms with Gasteiger partial charge in [-0.3, -0.25) is 24.0 Å². The number of fused-ring (bicyclic) bond motifs is 1. The molecule has 1 saturated heterocycles. The van der Waals surface area contributed by atoms with Crippen LogP contribution in [0, 0.1) is 34.5 Å². The highest BCUT2D eigenvalue weighted by molar-refractivity contribution is 6.37. The van der Waals surface area contributed by atoms with Crippen LogP contribution in [0.3, 0.4) is 0 Å². The number of nitrogens with zero attached hydrogens (tertiary/aromatic N) is 2. The van der Waals surface area contributed by atoms with Crippen molar-refractivity contribution in [3.05, 3.63) is 12.7 Å². The van der Waals surface area contributed by atoms with Crippen LogP contribution in [0.25, 0.3) is 0 Å². The molecule has 3 aliphatic rings. The topological polar surface area (TPSA) is 171 Å². The fourth-order valence-corrected chi connectivity index (χ4v) is 6.32. The molecular formula is C31H50N6O6. The van der Waals surface area contributed by atoms with Gasteiger partial charge < -0.3 is 31.5 Å². The van der Waals surface area contributed by atoms with E-state index in [4.69, 9.17) is 5.73 Å². The lowest BCUT2D eigenvalue weighted by molar-refractivity contribution is -0.145. The predicted molar refractivity (Wildman–Crippen MR) is 161 cm³/mol. The van der Waals surface area contributed by atoms with Gasteiger partial charge in [0.2, 0.25) is 23.5 Å². The summed E-state index contributed by atoms with van der Waals surface area (Å²) >= 11 is 0. The lowest BCUT2D eigenvalue weighted by Crippen LogP contribution is -2.62. The van der Waals surface area contributed by atoms with Gasteiger partial charge in [-0.05, 0) is 40.9 Å². The molecule has 2 saturated carbocycles. The van der Waals surface area contributed by atoms with Crippen molar-refractivity contribution in [2.24, 2.45) is 40.2 Å². The number of amides is 6. The average molecular weight is 603 g/mol. The fraction of sp³-hybridized carbons (Fsp3) is 0.742. The van der Waals surface area contributed by atoms with Crippen molar-refractivity contribution in [1.29, 1.82) is 0 Å². The molecule has 1 heterocycles. The van der Waals surface area contributed by atoms with E-state index < -0.39 is 59.1 Å². The number of rotatable bonds is 13. The van der Waals surface area contributed by atoms with E-state index in [-0.39, 0.29) is 35.0 Å². The van der Waals surface area contributed by atoms with Crippen molar-refractivity contribution in [3.8, 4) is 0 Å². The first-order chi connectivity index (χ1) is 19.8. The SMILES string of the molecule is C=CCN(C)C(=O)[C@@H](NC(=O)N[C@H](C(=O)N1C[C@H]2[C@@H]([C@H]1C(=O)NC(CC1CC1)C(=O)C(N)=O)C2(C)C)C(C)(C)C)C(C)C. The molecule has 2 aliphatic carbocycles. The molecule has 5 N–H and O–H groups in total. The van der Waals surface area contributed by atoms with Gasteiger partial charge >= 0.3 is 6.03 Å². The minimum absolute atomic E-state index is 0.0682. The number of hydrogen-bond donors (Lipinski definition) is 4. The van der Waals surface area contributed by atoms with Gasteiger partial charge in [-0.25, -0.2) is 4.79 Å². The first kappa shape index (κ1) is 34.1. The van der Waals surface area contributed by atoms with Gasteiger partial charge in [0.15, 0.2) is 0 Å². The Morgan fingerprint density at radius 2 is 1.67 bits per heavy atom. The van der Waals surface area contributed by atoms with E-state index in [1.807, 2.05) is 48.5 Å². The number of hydrogen-bond acceptors (Lipinski definition) is 6. The second-order valence-corrected chi connectivity index (χ2v) is 14.5. The molecule has 12 nitrogen and oxygen atoms in total. The molecular weight excluding hydrogens is 552 g/mol. The number of carbonyl (C=O) groups is 6. The quantitative estimate of drug-likeness (QED) is 0.182. The van der Waals surface area contributed by atoms with E-state index in [0.717, 1.165) is 12.8 Å². The summed E-state index contributed by atoms with van der Waals surface area (Å²) in [5.41, 5.74) is 4.34. The molecule has 1 aliphatic heterocycles. The second kappa shape index (κ2) is 12.7. The number of carbonyl (C=O) groups excluding carboxylic acids is 6. The van der Waals surface area contributed by atoms with E-state index in [9.17, 15) is 28.8 Å². The van der Waals surface area contributed by atoms with E-state index in [0.29, 0.717) is 19.5 Å². The minimum Gasteiger partial charge on any atom is -0.363 e. The van der Waals surface area contributed by atoms with Crippen LogP contribution in [-0.4, -0.2) is 89.5 Å². The molecule has 3 fully saturated rings. The van der Waals surface area contributed by atoms with Gasteiger partial charge in [0, 0.05) is 20.1 Å². The van der Waals surface area contributed by atoms with Crippen molar-refractivity contribution in [2.45, 2.75) is 91.9 Å². The third kappa shape index (κ3) is 7.56. The zero-order valence-corrected chi connectivity index (χ0v) is 26.9. The normalized spacial score (nSPS) is 24.2. The minimum atomic E-state index is -1.10. The highest BCUT2D eigenvalue weighted by Crippen LogP contribution is 2.65. The third-order valence-corrected chi connectivity index (χ3v) is 9.29. The smallest absolute Gasteiger partial charge is 0.316 e. The standard InChI is InChI=1S/C31H50N6O6/c1-10-13-36(9)27(41)21(16(2)3)34-29(43)35-24(30(4,5)6)28(42)37-15-18-20(31(18,7)8)22(37)26(40)33-19(14-17-11-12-17)23(38)25(32)39/h10,16-22,24H,1,11-15H2,2-9H3,(H2,32,39)(H,33,40)(H2,34,35,43)/t18-,19?,20-,21-,22-,24+/m0/s1. The van der Waals surface area contributed by atoms with Crippen molar-refractivity contribution in [3.63, 3.8) is 0 Å². The summed E-state index contributed by atoms with van der Waals surface area (Å²) in [6, 6.07) is -4.43. The van der Waals surface area contributed by atoms with E-state index >= 15 is 0 Å². The number of likely N-dealkylation sites (tertiary alicyclic amines) is 1. The van der Waals surface area contributed by atoms with Gasteiger partial charge in [0.25, 0.3) is 5.91 Å². The van der Waals surface area contributed by atoms with Crippen LogP contribution < -0.4 is 21.7 Å². The van der Waals surface area contributed by atoms with Gasteiger partial charge in [0.05, 0.1) is 6.04 Å². The Balaban J connectivity index is 1.81. The fourth-order valence-electron chi connectivity index (χ4n) is 6.32. The average Bonchev–Trinajstić information content (AvgIpc) is 3.75. The van der Waals surface area contributed by atoms with Crippen molar-refractivity contribution >= 4 is 35.4 Å². The zero-order chi connectivity index (χ0) is 32.6. The Hall–Kier alpha value is -3.44. The monoisotopic (exact) mass is 602 g/mol. The van der Waals surface area contributed by atoms with Crippen LogP contribution in [0.15, 0.2) is 12.7 Å². The third-order valence-electron chi connectivity index (χ3n) is 9.29. The van der Waals surface area contributed by atoms with Gasteiger partial charge in [0.1, 0.15) is 18.1 Å². The summed E-state index contributed by atoms with van der Waals surface area (Å²) in [6.45, 7) is 17.4. The molecule has 0 bridgehead atoms. The Labute approximate surface area is 254 Å². The molecule has 3 rings (SSSR count). The molecule has 0 radical (unpaired) electrons. The maximum absolute atomic E-state index is 14.2. The number of nitrogens with two attached hydrogens (primary N) is 1. The first-order valence-electron chi connectivity index (χ1n) is 15.2. The first-order valence-corrected chi connectivity index (χ1v) is 15.2. The summed E-state index contributed by atoms with van der Waals surface area (Å²) in [6.07, 6.45) is 3.75. The summed E-state index contributed by atoms with van der Waals surface area (Å²) in [5, 5.41) is 8.27. The molecule has 0 spiro atoms. The molecule has 6 amide bonds. The molecule has 0 aromatic carbocycles. The van der Waals surface area contributed by atoms with Crippen LogP contribution in [0.4, 0.5) is 4.79 Å². The Bertz CT molecular complexity index is 1160. The van der Waals surface area contributed by atoms with Crippen LogP contribution in [-0.2, 0) is 24.0 Å². The molecule has 1 unspecified atom stereocenters. The molecule has 12 heteroatoms. The van der Waals surface area contributed by atoms with Crippen LogP contribution in [0.1, 0.15) is 67.7 Å². The Kier molecular flexibility index (Phi) is 10.0. The highest BCUT2D eigenvalue weighted by atomic mass is 16.2. The maximum atomic E-state index is 14.2. The van der Waals surface area contributed by atoms with Crippen molar-refractivity contribution in [2.75, 3.05) is 20.1 Å². The molecule has 43 heavy (non-hydrogen) atoms. The van der Waals surface area contributed by atoms with Crippen LogP contribution in [0.2, 0.25) is 0 Å². The summed E-state index contributed by atoms with van der Waals surface area (Å²) in [7, 11) is 1.62. The molecule has 6 atom stereocenters. The lowest BCUT2D eigenvalue weighted by atomic mass is 9.85. The Morgan fingerprint density at radius 1 is 1.07 bits per heavy atom.